The molecule has 0 aliphatic heterocycles. The van der Waals surface area contributed by atoms with E-state index in [0.29, 0.717) is 12.0 Å². The summed E-state index contributed by atoms with van der Waals surface area (Å²) in [7, 11) is 0. The number of carbonyl (C=O) groups excluding carboxylic acids is 1. The lowest BCUT2D eigenvalue weighted by Gasteiger charge is -2.13. The molecule has 0 aliphatic rings. The Balaban J connectivity index is 3.03. The number of carboxylic acids is 1. The highest BCUT2D eigenvalue weighted by molar-refractivity contribution is 6.02. The van der Waals surface area contributed by atoms with Crippen molar-refractivity contribution in [2.24, 2.45) is 5.73 Å². The van der Waals surface area contributed by atoms with Crippen molar-refractivity contribution in [3.8, 4) is 0 Å². The molecule has 1 atom stereocenters. The number of benzene rings is 1. The number of aromatic carboxylic acids is 1. The van der Waals surface area contributed by atoms with E-state index in [2.05, 4.69) is 5.32 Å². The predicted octanol–water partition coefficient (Wildman–Crippen LogP) is 1.37. The third-order valence-electron chi connectivity index (χ3n) is 2.52. The summed E-state index contributed by atoms with van der Waals surface area (Å²) in [5.41, 5.74) is 6.55. The molecule has 0 spiro atoms. The molecule has 5 nitrogen and oxygen atoms in total. The highest BCUT2D eigenvalue weighted by atomic mass is 16.4. The second-order valence-electron chi connectivity index (χ2n) is 3.81. The lowest BCUT2D eigenvalue weighted by atomic mass is 10.1. The molecule has 17 heavy (non-hydrogen) atoms. The van der Waals surface area contributed by atoms with Gasteiger partial charge in [-0.2, -0.15) is 0 Å². The predicted molar refractivity (Wildman–Crippen MR) is 65.0 cm³/mol. The van der Waals surface area contributed by atoms with Gasteiger partial charge in [0.2, 0.25) is 5.91 Å². The van der Waals surface area contributed by atoms with Crippen LogP contribution >= 0.6 is 0 Å². The molecule has 0 heterocycles. The fraction of sp³-hybridized carbons (Fsp3) is 0.333. The van der Waals surface area contributed by atoms with E-state index in [1.807, 2.05) is 0 Å². The van der Waals surface area contributed by atoms with Crippen LogP contribution in [0, 0.1) is 6.92 Å². The van der Waals surface area contributed by atoms with E-state index in [4.69, 9.17) is 10.8 Å². The number of aryl methyl sites for hydroxylation is 1. The summed E-state index contributed by atoms with van der Waals surface area (Å²) in [5, 5.41) is 11.6. The largest absolute Gasteiger partial charge is 0.478 e. The molecule has 0 aromatic heterocycles. The first-order valence-electron chi connectivity index (χ1n) is 5.36. The Morgan fingerprint density at radius 2 is 2.12 bits per heavy atom. The molecule has 0 fully saturated rings. The summed E-state index contributed by atoms with van der Waals surface area (Å²) >= 11 is 0. The average molecular weight is 236 g/mol. The molecule has 0 saturated heterocycles. The van der Waals surface area contributed by atoms with Gasteiger partial charge in [-0.3, -0.25) is 4.79 Å². The first-order valence-corrected chi connectivity index (χ1v) is 5.36. The van der Waals surface area contributed by atoms with Crippen molar-refractivity contribution >= 4 is 17.6 Å². The van der Waals surface area contributed by atoms with Crippen LogP contribution in [0.4, 0.5) is 5.69 Å². The molecular formula is C12H16N2O3. The Bertz CT molecular complexity index is 443. The van der Waals surface area contributed by atoms with E-state index in [-0.39, 0.29) is 17.2 Å². The van der Waals surface area contributed by atoms with Gasteiger partial charge < -0.3 is 16.2 Å². The lowest BCUT2D eigenvalue weighted by Crippen LogP contribution is -2.35. The summed E-state index contributed by atoms with van der Waals surface area (Å²) in [4.78, 5) is 22.7. The number of anilines is 1. The van der Waals surface area contributed by atoms with Gasteiger partial charge in [0.1, 0.15) is 0 Å². The molecule has 0 unspecified atom stereocenters. The Labute approximate surface area is 99.6 Å². The fourth-order valence-corrected chi connectivity index (χ4v) is 1.47. The second-order valence-corrected chi connectivity index (χ2v) is 3.81. The van der Waals surface area contributed by atoms with Crippen LogP contribution in [0.25, 0.3) is 0 Å². The normalized spacial score (nSPS) is 11.9. The fourth-order valence-electron chi connectivity index (χ4n) is 1.47. The summed E-state index contributed by atoms with van der Waals surface area (Å²) in [6.45, 7) is 3.47. The molecule has 0 saturated carbocycles. The first-order chi connectivity index (χ1) is 7.97. The average Bonchev–Trinajstić information content (AvgIpc) is 2.27. The van der Waals surface area contributed by atoms with Crippen molar-refractivity contribution in [2.75, 3.05) is 5.32 Å². The molecule has 1 aromatic rings. The lowest BCUT2D eigenvalue weighted by molar-refractivity contribution is -0.117. The number of carbonyl (C=O) groups is 2. The summed E-state index contributed by atoms with van der Waals surface area (Å²) in [5.74, 6) is -1.44. The molecule has 1 aromatic carbocycles. The van der Waals surface area contributed by atoms with Crippen LogP contribution in [0.2, 0.25) is 0 Å². The van der Waals surface area contributed by atoms with E-state index < -0.39 is 12.0 Å². The Morgan fingerprint density at radius 1 is 1.47 bits per heavy atom. The van der Waals surface area contributed by atoms with Crippen molar-refractivity contribution in [1.82, 2.24) is 0 Å². The maximum absolute atomic E-state index is 11.6. The molecule has 0 aliphatic carbocycles. The molecule has 1 rings (SSSR count). The van der Waals surface area contributed by atoms with Crippen LogP contribution in [-0.2, 0) is 4.79 Å². The van der Waals surface area contributed by atoms with E-state index in [1.54, 1.807) is 32.0 Å². The Morgan fingerprint density at radius 3 is 2.65 bits per heavy atom. The molecule has 5 heteroatoms. The molecule has 92 valence electrons. The smallest absolute Gasteiger partial charge is 0.338 e. The molecule has 4 N–H and O–H groups in total. The van der Waals surface area contributed by atoms with Crippen molar-refractivity contribution in [2.45, 2.75) is 26.3 Å². The van der Waals surface area contributed by atoms with Crippen LogP contribution in [0.15, 0.2) is 18.2 Å². The van der Waals surface area contributed by atoms with Crippen molar-refractivity contribution in [3.05, 3.63) is 29.3 Å². The third kappa shape index (κ3) is 3.04. The van der Waals surface area contributed by atoms with E-state index in [0.717, 1.165) is 0 Å². The minimum atomic E-state index is -1.07. The zero-order chi connectivity index (χ0) is 13.0. The van der Waals surface area contributed by atoms with Gasteiger partial charge in [-0.05, 0) is 25.0 Å². The van der Waals surface area contributed by atoms with Gasteiger partial charge in [0.15, 0.2) is 0 Å². The first kappa shape index (κ1) is 13.2. The van der Waals surface area contributed by atoms with Gasteiger partial charge in [0, 0.05) is 0 Å². The summed E-state index contributed by atoms with van der Waals surface area (Å²) < 4.78 is 0. The minimum Gasteiger partial charge on any atom is -0.478 e. The highest BCUT2D eigenvalue weighted by Crippen LogP contribution is 2.19. The van der Waals surface area contributed by atoms with Crippen LogP contribution in [-0.4, -0.2) is 23.0 Å². The number of amides is 1. The SMILES string of the molecule is CC[C@H](N)C(=O)Nc1cccc(C)c1C(=O)O. The minimum absolute atomic E-state index is 0.101. The molecule has 0 bridgehead atoms. The van der Waals surface area contributed by atoms with Crippen molar-refractivity contribution < 1.29 is 14.7 Å². The molecule has 1 amide bonds. The van der Waals surface area contributed by atoms with E-state index >= 15 is 0 Å². The summed E-state index contributed by atoms with van der Waals surface area (Å²) in [6.07, 6.45) is 0.500. The number of nitrogens with two attached hydrogens (primary N) is 1. The van der Waals surface area contributed by atoms with Crippen molar-refractivity contribution in [3.63, 3.8) is 0 Å². The zero-order valence-electron chi connectivity index (χ0n) is 9.86. The van der Waals surface area contributed by atoms with E-state index in [9.17, 15) is 9.59 Å². The Hall–Kier alpha value is -1.88. The molecule has 0 radical (unpaired) electrons. The number of rotatable bonds is 4. The maximum atomic E-state index is 11.6. The van der Waals surface area contributed by atoms with Crippen LogP contribution in [0.5, 0.6) is 0 Å². The third-order valence-corrected chi connectivity index (χ3v) is 2.52. The van der Waals surface area contributed by atoms with E-state index in [1.165, 1.54) is 0 Å². The number of hydrogen-bond acceptors (Lipinski definition) is 3. The molecular weight excluding hydrogens is 220 g/mol. The topological polar surface area (TPSA) is 92.4 Å². The zero-order valence-corrected chi connectivity index (χ0v) is 9.86. The maximum Gasteiger partial charge on any atom is 0.338 e. The van der Waals surface area contributed by atoms with Crippen molar-refractivity contribution in [1.29, 1.82) is 0 Å². The van der Waals surface area contributed by atoms with Crippen LogP contribution < -0.4 is 11.1 Å². The van der Waals surface area contributed by atoms with Gasteiger partial charge in [-0.15, -0.1) is 0 Å². The van der Waals surface area contributed by atoms with Gasteiger partial charge in [0.25, 0.3) is 0 Å². The van der Waals surface area contributed by atoms with Crippen LogP contribution in [0.3, 0.4) is 0 Å². The van der Waals surface area contributed by atoms with Gasteiger partial charge >= 0.3 is 5.97 Å². The quantitative estimate of drug-likeness (QED) is 0.736. The number of nitrogens with one attached hydrogen (secondary N) is 1. The number of hydrogen-bond donors (Lipinski definition) is 3. The van der Waals surface area contributed by atoms with Gasteiger partial charge in [-0.25, -0.2) is 4.79 Å². The standard InChI is InChI=1S/C12H16N2O3/c1-3-8(13)11(15)14-9-6-4-5-7(2)10(9)12(16)17/h4-6,8H,3,13H2,1-2H3,(H,14,15)(H,16,17)/t8-/m0/s1. The summed E-state index contributed by atoms with van der Waals surface area (Å²) in [6, 6.07) is 4.29. The second kappa shape index (κ2) is 5.45. The van der Waals surface area contributed by atoms with Gasteiger partial charge in [0.05, 0.1) is 17.3 Å². The monoisotopic (exact) mass is 236 g/mol. The highest BCUT2D eigenvalue weighted by Gasteiger charge is 2.17. The van der Waals surface area contributed by atoms with Crippen LogP contribution in [0.1, 0.15) is 29.3 Å². The van der Waals surface area contributed by atoms with Gasteiger partial charge in [-0.1, -0.05) is 19.1 Å². The Kier molecular flexibility index (Phi) is 4.23. The number of carboxylic acid groups (broad SMARTS) is 1.